The van der Waals surface area contributed by atoms with E-state index in [1.165, 1.54) is 27.9 Å². The predicted molar refractivity (Wildman–Crippen MR) is 119 cm³/mol. The number of anilines is 1. The highest BCUT2D eigenvalue weighted by atomic mass is 16.5. The first-order valence-corrected chi connectivity index (χ1v) is 9.77. The topological polar surface area (TPSA) is 34.1 Å². The molecule has 0 aromatic heterocycles. The molecule has 1 aliphatic heterocycles. The van der Waals surface area contributed by atoms with Crippen molar-refractivity contribution >= 4 is 17.6 Å². The SMILES string of the molecule is COc1ccc(C=Nc2ccc(N3Cc4cc(C)c(C)cc4C3)cc2)cc1OC. The smallest absolute Gasteiger partial charge is 0.161 e. The van der Waals surface area contributed by atoms with Crippen molar-refractivity contribution in [3.63, 3.8) is 0 Å². The fourth-order valence-corrected chi connectivity index (χ4v) is 3.71. The molecule has 4 nitrogen and oxygen atoms in total. The number of aryl methyl sites for hydroxylation is 2. The average Bonchev–Trinajstić information content (AvgIpc) is 3.15. The Bertz CT molecular complexity index is 1020. The summed E-state index contributed by atoms with van der Waals surface area (Å²) in [5, 5.41) is 0. The van der Waals surface area contributed by atoms with E-state index in [2.05, 4.69) is 60.1 Å². The van der Waals surface area contributed by atoms with Crippen LogP contribution in [0.3, 0.4) is 0 Å². The van der Waals surface area contributed by atoms with Crippen molar-refractivity contribution in [2.75, 3.05) is 19.1 Å². The molecule has 0 bridgehead atoms. The van der Waals surface area contributed by atoms with Gasteiger partial charge in [-0.15, -0.1) is 0 Å². The number of aliphatic imine (C=N–C) groups is 1. The van der Waals surface area contributed by atoms with Gasteiger partial charge < -0.3 is 14.4 Å². The molecule has 0 unspecified atom stereocenters. The molecular weight excluding hydrogens is 360 g/mol. The molecule has 0 spiro atoms. The van der Waals surface area contributed by atoms with Gasteiger partial charge in [-0.1, -0.05) is 12.1 Å². The van der Waals surface area contributed by atoms with Crippen LogP contribution in [0.5, 0.6) is 11.5 Å². The Morgan fingerprint density at radius 1 is 0.793 bits per heavy atom. The molecule has 148 valence electrons. The molecule has 1 heterocycles. The minimum Gasteiger partial charge on any atom is -0.493 e. The summed E-state index contributed by atoms with van der Waals surface area (Å²) in [7, 11) is 3.27. The van der Waals surface area contributed by atoms with E-state index in [9.17, 15) is 0 Å². The van der Waals surface area contributed by atoms with Crippen molar-refractivity contribution in [2.24, 2.45) is 4.99 Å². The first-order valence-electron chi connectivity index (χ1n) is 9.77. The molecule has 0 fully saturated rings. The number of ether oxygens (including phenoxy) is 2. The van der Waals surface area contributed by atoms with Crippen LogP contribution in [0, 0.1) is 13.8 Å². The number of fused-ring (bicyclic) bond motifs is 1. The van der Waals surface area contributed by atoms with Gasteiger partial charge >= 0.3 is 0 Å². The minimum absolute atomic E-state index is 0.700. The van der Waals surface area contributed by atoms with Crippen LogP contribution in [0.4, 0.5) is 11.4 Å². The van der Waals surface area contributed by atoms with Crippen LogP contribution in [0.25, 0.3) is 0 Å². The molecule has 0 aliphatic carbocycles. The lowest BCUT2D eigenvalue weighted by molar-refractivity contribution is 0.355. The standard InChI is InChI=1S/C25H26N2O2/c1-17-11-20-15-27(16-21(20)12-18(17)2)23-8-6-22(7-9-23)26-14-19-5-10-24(28-3)25(13-19)29-4/h5-14H,15-16H2,1-4H3. The van der Waals surface area contributed by atoms with Gasteiger partial charge in [0.15, 0.2) is 11.5 Å². The van der Waals surface area contributed by atoms with Crippen LogP contribution >= 0.6 is 0 Å². The van der Waals surface area contributed by atoms with Crippen molar-refractivity contribution in [3.05, 3.63) is 82.4 Å². The lowest BCUT2D eigenvalue weighted by Gasteiger charge is -2.17. The molecule has 0 radical (unpaired) electrons. The first kappa shape index (κ1) is 19.1. The summed E-state index contributed by atoms with van der Waals surface area (Å²) in [5.74, 6) is 1.41. The summed E-state index contributed by atoms with van der Waals surface area (Å²) in [5.41, 5.74) is 8.71. The van der Waals surface area contributed by atoms with E-state index in [1.54, 1.807) is 14.2 Å². The highest BCUT2D eigenvalue weighted by molar-refractivity contribution is 5.83. The van der Waals surface area contributed by atoms with Crippen molar-refractivity contribution < 1.29 is 9.47 Å². The highest BCUT2D eigenvalue weighted by Gasteiger charge is 2.19. The van der Waals surface area contributed by atoms with Crippen LogP contribution in [-0.4, -0.2) is 20.4 Å². The molecule has 3 aromatic carbocycles. The van der Waals surface area contributed by atoms with E-state index in [1.807, 2.05) is 24.4 Å². The number of methoxy groups -OCH3 is 2. The van der Waals surface area contributed by atoms with Gasteiger partial charge in [0.2, 0.25) is 0 Å². The van der Waals surface area contributed by atoms with Crippen molar-refractivity contribution in [2.45, 2.75) is 26.9 Å². The van der Waals surface area contributed by atoms with Gasteiger partial charge in [-0.3, -0.25) is 4.99 Å². The molecule has 1 aliphatic rings. The monoisotopic (exact) mass is 386 g/mol. The Kier molecular flexibility index (Phi) is 5.26. The van der Waals surface area contributed by atoms with Gasteiger partial charge in [0.25, 0.3) is 0 Å². The summed E-state index contributed by atoms with van der Waals surface area (Å²) in [4.78, 5) is 7.01. The Morgan fingerprint density at radius 3 is 2.00 bits per heavy atom. The first-order chi connectivity index (χ1) is 14.1. The molecule has 4 rings (SSSR count). The Hall–Kier alpha value is -3.27. The number of rotatable bonds is 5. The molecule has 0 saturated heterocycles. The molecule has 4 heteroatoms. The largest absolute Gasteiger partial charge is 0.493 e. The van der Waals surface area contributed by atoms with Crippen molar-refractivity contribution in [1.82, 2.24) is 0 Å². The minimum atomic E-state index is 0.700. The fourth-order valence-electron chi connectivity index (χ4n) is 3.71. The number of nitrogens with zero attached hydrogens (tertiary/aromatic N) is 2. The number of hydrogen-bond acceptors (Lipinski definition) is 4. The second-order valence-electron chi connectivity index (χ2n) is 7.45. The zero-order chi connectivity index (χ0) is 20.4. The van der Waals surface area contributed by atoms with Crippen LogP contribution in [0.2, 0.25) is 0 Å². The maximum absolute atomic E-state index is 5.35. The Morgan fingerprint density at radius 2 is 1.41 bits per heavy atom. The normalized spacial score (nSPS) is 13.0. The quantitative estimate of drug-likeness (QED) is 0.536. The molecule has 3 aromatic rings. The fraction of sp³-hybridized carbons (Fsp3) is 0.240. The van der Waals surface area contributed by atoms with E-state index >= 15 is 0 Å². The van der Waals surface area contributed by atoms with Crippen LogP contribution in [0.1, 0.15) is 27.8 Å². The van der Waals surface area contributed by atoms with E-state index < -0.39 is 0 Å². The van der Waals surface area contributed by atoms with Crippen LogP contribution < -0.4 is 14.4 Å². The van der Waals surface area contributed by atoms with Gasteiger partial charge in [0.05, 0.1) is 19.9 Å². The molecule has 0 atom stereocenters. The third-order valence-electron chi connectivity index (χ3n) is 5.52. The zero-order valence-corrected chi connectivity index (χ0v) is 17.4. The Balaban J connectivity index is 1.47. The maximum atomic E-state index is 5.35. The molecule has 29 heavy (non-hydrogen) atoms. The van der Waals surface area contributed by atoms with Gasteiger partial charge in [-0.05, 0) is 84.1 Å². The second-order valence-corrected chi connectivity index (χ2v) is 7.45. The lowest BCUT2D eigenvalue weighted by Crippen LogP contribution is -2.13. The zero-order valence-electron chi connectivity index (χ0n) is 17.4. The molecule has 0 saturated carbocycles. The molecule has 0 amide bonds. The second kappa shape index (κ2) is 8.00. The summed E-state index contributed by atoms with van der Waals surface area (Å²) >= 11 is 0. The van der Waals surface area contributed by atoms with E-state index in [0.717, 1.165) is 24.3 Å². The van der Waals surface area contributed by atoms with E-state index in [0.29, 0.717) is 11.5 Å². The average molecular weight is 386 g/mol. The number of benzene rings is 3. The van der Waals surface area contributed by atoms with Gasteiger partial charge in [0.1, 0.15) is 0 Å². The third-order valence-corrected chi connectivity index (χ3v) is 5.52. The van der Waals surface area contributed by atoms with Crippen molar-refractivity contribution in [3.8, 4) is 11.5 Å². The van der Waals surface area contributed by atoms with E-state index in [4.69, 9.17) is 9.47 Å². The molecular formula is C25H26N2O2. The van der Waals surface area contributed by atoms with Gasteiger partial charge in [-0.25, -0.2) is 0 Å². The van der Waals surface area contributed by atoms with Gasteiger partial charge in [-0.2, -0.15) is 0 Å². The lowest BCUT2D eigenvalue weighted by atomic mass is 10.0. The van der Waals surface area contributed by atoms with E-state index in [-0.39, 0.29) is 0 Å². The number of hydrogen-bond donors (Lipinski definition) is 0. The predicted octanol–water partition coefficient (Wildman–Crippen LogP) is 5.59. The summed E-state index contributed by atoms with van der Waals surface area (Å²) in [6, 6.07) is 18.8. The van der Waals surface area contributed by atoms with Crippen molar-refractivity contribution in [1.29, 1.82) is 0 Å². The Labute approximate surface area is 172 Å². The molecule has 0 N–H and O–H groups in total. The summed E-state index contributed by atoms with van der Waals surface area (Å²) in [6.07, 6.45) is 1.84. The summed E-state index contributed by atoms with van der Waals surface area (Å²) in [6.45, 7) is 6.29. The van der Waals surface area contributed by atoms with Gasteiger partial charge in [0, 0.05) is 25.0 Å². The third kappa shape index (κ3) is 3.97. The van der Waals surface area contributed by atoms with Crippen LogP contribution in [0.15, 0.2) is 59.6 Å². The van der Waals surface area contributed by atoms with Crippen LogP contribution in [-0.2, 0) is 13.1 Å². The highest BCUT2D eigenvalue weighted by Crippen LogP contribution is 2.31. The maximum Gasteiger partial charge on any atom is 0.161 e. The summed E-state index contributed by atoms with van der Waals surface area (Å²) < 4.78 is 10.6.